The molecule has 2 atom stereocenters. The topological polar surface area (TPSA) is 77.2 Å². The number of carbonyl (C=O) groups is 1. The smallest absolute Gasteiger partial charge is 0.277 e. The number of amides is 1. The summed E-state index contributed by atoms with van der Waals surface area (Å²) in [4.78, 5) is 12.3. The fraction of sp³-hybridized carbons (Fsp3) is 0.211. The van der Waals surface area contributed by atoms with Crippen LogP contribution in [0.15, 0.2) is 62.6 Å². The van der Waals surface area contributed by atoms with Crippen LogP contribution >= 0.6 is 27.7 Å². The van der Waals surface area contributed by atoms with Gasteiger partial charge in [0.1, 0.15) is 11.6 Å². The van der Waals surface area contributed by atoms with Crippen LogP contribution in [0.5, 0.6) is 5.75 Å². The molecule has 0 fully saturated rings. The van der Waals surface area contributed by atoms with Crippen molar-refractivity contribution in [3.8, 4) is 5.75 Å². The molecule has 1 N–H and O–H groups in total. The Morgan fingerprint density at radius 3 is 2.50 bits per heavy atom. The lowest BCUT2D eigenvalue weighted by Crippen LogP contribution is -2.22. The molecule has 2 aromatic carbocycles. The lowest BCUT2D eigenvalue weighted by Gasteiger charge is -2.11. The fourth-order valence-electron chi connectivity index (χ4n) is 2.18. The third kappa shape index (κ3) is 5.56. The largest absolute Gasteiger partial charge is 0.481 e. The summed E-state index contributed by atoms with van der Waals surface area (Å²) in [6, 6.07) is 13.0. The van der Waals surface area contributed by atoms with Crippen LogP contribution in [0.1, 0.15) is 25.8 Å². The Morgan fingerprint density at radius 1 is 1.14 bits per heavy atom. The number of ether oxygens (including phenoxy) is 1. The predicted molar refractivity (Wildman–Crippen MR) is 108 cm³/mol. The normalized spacial score (nSPS) is 13.0. The summed E-state index contributed by atoms with van der Waals surface area (Å²) in [6.07, 6.45) is -0.515. The molecule has 146 valence electrons. The molecule has 0 aliphatic carbocycles. The highest BCUT2D eigenvalue weighted by Crippen LogP contribution is 2.27. The first-order chi connectivity index (χ1) is 13.4. The maximum atomic E-state index is 13.0. The molecule has 3 rings (SSSR count). The van der Waals surface area contributed by atoms with E-state index in [0.717, 1.165) is 16.2 Å². The van der Waals surface area contributed by atoms with Crippen LogP contribution in [0.3, 0.4) is 0 Å². The third-order valence-corrected chi connectivity index (χ3v) is 5.12. The van der Waals surface area contributed by atoms with Crippen molar-refractivity contribution < 1.29 is 18.3 Å². The van der Waals surface area contributed by atoms with Crippen molar-refractivity contribution in [3.63, 3.8) is 0 Å². The first-order valence-electron chi connectivity index (χ1n) is 8.39. The predicted octanol–water partition coefficient (Wildman–Crippen LogP) is 5.23. The molecule has 0 radical (unpaired) electrons. The van der Waals surface area contributed by atoms with Crippen LogP contribution < -0.4 is 10.1 Å². The number of benzene rings is 2. The van der Waals surface area contributed by atoms with Crippen LogP contribution in [-0.2, 0) is 4.79 Å². The Bertz CT molecular complexity index is 934. The van der Waals surface area contributed by atoms with E-state index >= 15 is 0 Å². The minimum atomic E-state index is -0.515. The highest BCUT2D eigenvalue weighted by Gasteiger charge is 2.21. The minimum Gasteiger partial charge on any atom is -0.481 e. The van der Waals surface area contributed by atoms with Crippen LogP contribution in [0.25, 0.3) is 0 Å². The average Bonchev–Trinajstić information content (AvgIpc) is 3.14. The fourth-order valence-corrected chi connectivity index (χ4v) is 3.14. The maximum absolute atomic E-state index is 13.0. The summed E-state index contributed by atoms with van der Waals surface area (Å²) < 4.78 is 25.1. The Hall–Kier alpha value is -2.39. The number of hydrogen-bond acceptors (Lipinski definition) is 6. The van der Waals surface area contributed by atoms with Crippen molar-refractivity contribution in [3.05, 3.63) is 64.7 Å². The number of nitrogens with one attached hydrogen (secondary N) is 1. The molecule has 0 aliphatic heterocycles. The van der Waals surface area contributed by atoms with E-state index in [1.807, 2.05) is 12.1 Å². The molecule has 6 nitrogen and oxygen atoms in total. The van der Waals surface area contributed by atoms with Gasteiger partial charge in [0.25, 0.3) is 11.1 Å². The lowest BCUT2D eigenvalue weighted by molar-refractivity contribution is -0.115. The molecule has 3 aromatic rings. The second kappa shape index (κ2) is 9.20. The van der Waals surface area contributed by atoms with Crippen LogP contribution in [0, 0.1) is 5.82 Å². The number of thioether (sulfide) groups is 1. The van der Waals surface area contributed by atoms with Gasteiger partial charge in [-0.1, -0.05) is 27.7 Å². The highest BCUT2D eigenvalue weighted by atomic mass is 79.9. The van der Waals surface area contributed by atoms with Gasteiger partial charge in [0, 0.05) is 10.2 Å². The average molecular weight is 466 g/mol. The quantitative estimate of drug-likeness (QED) is 0.481. The SMILES string of the molecule is C[C@@H](Sc1nnc([C@@H](C)Oc2ccc(F)cc2)o1)C(=O)Nc1ccc(Br)cc1. The molecular formula is C19H17BrFN3O3S. The number of halogens is 2. The van der Waals surface area contributed by atoms with E-state index in [1.165, 1.54) is 24.3 Å². The molecule has 1 heterocycles. The molecule has 0 saturated heterocycles. The van der Waals surface area contributed by atoms with E-state index in [-0.39, 0.29) is 22.8 Å². The maximum Gasteiger partial charge on any atom is 0.277 e. The number of hydrogen-bond donors (Lipinski definition) is 1. The molecule has 0 spiro atoms. The number of carbonyl (C=O) groups excluding carboxylic acids is 1. The van der Waals surface area contributed by atoms with Crippen molar-refractivity contribution in [1.29, 1.82) is 0 Å². The van der Waals surface area contributed by atoms with Gasteiger partial charge >= 0.3 is 0 Å². The summed E-state index contributed by atoms with van der Waals surface area (Å²) in [6.45, 7) is 3.50. The van der Waals surface area contributed by atoms with Gasteiger partial charge in [0.05, 0.1) is 5.25 Å². The van der Waals surface area contributed by atoms with E-state index in [0.29, 0.717) is 11.4 Å². The van der Waals surface area contributed by atoms with E-state index < -0.39 is 11.4 Å². The molecule has 0 aliphatic rings. The monoisotopic (exact) mass is 465 g/mol. The van der Waals surface area contributed by atoms with Crippen molar-refractivity contribution >= 4 is 39.3 Å². The first-order valence-corrected chi connectivity index (χ1v) is 10.1. The lowest BCUT2D eigenvalue weighted by atomic mass is 10.3. The summed E-state index contributed by atoms with van der Waals surface area (Å²) >= 11 is 4.51. The number of anilines is 1. The van der Waals surface area contributed by atoms with Gasteiger partial charge in [-0.05, 0) is 62.4 Å². The van der Waals surface area contributed by atoms with Gasteiger partial charge in [-0.25, -0.2) is 4.39 Å². The van der Waals surface area contributed by atoms with Gasteiger partial charge in [0.2, 0.25) is 5.91 Å². The Kier molecular flexibility index (Phi) is 6.69. The minimum absolute atomic E-state index is 0.178. The third-order valence-electron chi connectivity index (χ3n) is 3.65. The summed E-state index contributed by atoms with van der Waals surface area (Å²) in [7, 11) is 0. The molecule has 0 bridgehead atoms. The molecule has 9 heteroatoms. The molecule has 28 heavy (non-hydrogen) atoms. The highest BCUT2D eigenvalue weighted by molar-refractivity contribution is 9.10. The zero-order valence-corrected chi connectivity index (χ0v) is 17.5. The second-order valence-electron chi connectivity index (χ2n) is 5.88. The van der Waals surface area contributed by atoms with Crippen molar-refractivity contribution in [2.45, 2.75) is 30.4 Å². The van der Waals surface area contributed by atoms with Gasteiger partial charge in [-0.2, -0.15) is 0 Å². The summed E-state index contributed by atoms with van der Waals surface area (Å²) in [5.74, 6) is 0.241. The van der Waals surface area contributed by atoms with Gasteiger partial charge in [-0.3, -0.25) is 4.79 Å². The number of aromatic nitrogens is 2. The first kappa shape index (κ1) is 20.3. The Balaban J connectivity index is 1.56. The van der Waals surface area contributed by atoms with Crippen LogP contribution in [-0.4, -0.2) is 21.4 Å². The van der Waals surface area contributed by atoms with E-state index in [9.17, 15) is 9.18 Å². The second-order valence-corrected chi connectivity index (χ2v) is 8.08. The summed E-state index contributed by atoms with van der Waals surface area (Å²) in [5, 5.41) is 10.6. The molecule has 1 aromatic heterocycles. The zero-order chi connectivity index (χ0) is 20.1. The Labute approximate surface area is 174 Å². The van der Waals surface area contributed by atoms with E-state index in [1.54, 1.807) is 26.0 Å². The molecule has 1 amide bonds. The zero-order valence-electron chi connectivity index (χ0n) is 15.1. The van der Waals surface area contributed by atoms with E-state index in [2.05, 4.69) is 31.4 Å². The molecular weight excluding hydrogens is 449 g/mol. The number of nitrogens with zero attached hydrogens (tertiary/aromatic N) is 2. The van der Waals surface area contributed by atoms with E-state index in [4.69, 9.17) is 9.15 Å². The number of rotatable bonds is 7. The van der Waals surface area contributed by atoms with Gasteiger partial charge in [-0.15, -0.1) is 10.2 Å². The summed E-state index contributed by atoms with van der Waals surface area (Å²) in [5.41, 5.74) is 0.702. The molecule has 0 unspecified atom stereocenters. The van der Waals surface area contributed by atoms with Crippen molar-refractivity contribution in [2.24, 2.45) is 0 Å². The van der Waals surface area contributed by atoms with Gasteiger partial charge < -0.3 is 14.5 Å². The van der Waals surface area contributed by atoms with Crippen molar-refractivity contribution in [1.82, 2.24) is 10.2 Å². The standard InChI is InChI=1S/C19H17BrFN3O3S/c1-11(26-16-9-5-14(21)6-10-16)18-23-24-19(27-18)28-12(2)17(25)22-15-7-3-13(20)4-8-15/h3-12H,1-2H3,(H,22,25)/t11-,12-/m1/s1. The molecule has 0 saturated carbocycles. The Morgan fingerprint density at radius 2 is 1.82 bits per heavy atom. The van der Waals surface area contributed by atoms with Crippen molar-refractivity contribution in [2.75, 3.05) is 5.32 Å². The van der Waals surface area contributed by atoms with Crippen LogP contribution in [0.4, 0.5) is 10.1 Å². The van der Waals surface area contributed by atoms with Gasteiger partial charge in [0.15, 0.2) is 6.10 Å². The van der Waals surface area contributed by atoms with Crippen LogP contribution in [0.2, 0.25) is 0 Å².